The molecule has 7 heteroatoms. The van der Waals surface area contributed by atoms with Crippen molar-refractivity contribution < 1.29 is 17.9 Å². The average molecular weight is 295 g/mol. The predicted octanol–water partition coefficient (Wildman–Crippen LogP) is 3.32. The van der Waals surface area contributed by atoms with Crippen LogP contribution >= 0.6 is 11.6 Å². The van der Waals surface area contributed by atoms with Gasteiger partial charge in [-0.3, -0.25) is 0 Å². The van der Waals surface area contributed by atoms with Crippen LogP contribution in [-0.4, -0.2) is 23.8 Å². The number of ether oxygens (including phenoxy) is 1. The summed E-state index contributed by atoms with van der Waals surface area (Å²) in [6, 6.07) is 2.10. The molecular weight excluding hydrogens is 281 g/mol. The minimum absolute atomic E-state index is 0.168. The van der Waals surface area contributed by atoms with Gasteiger partial charge in [0, 0.05) is 24.8 Å². The van der Waals surface area contributed by atoms with E-state index < -0.39 is 19.2 Å². The van der Waals surface area contributed by atoms with Crippen molar-refractivity contribution in [1.82, 2.24) is 10.3 Å². The maximum Gasteiger partial charge on any atom is 0.392 e. The van der Waals surface area contributed by atoms with E-state index in [0.717, 1.165) is 18.4 Å². The number of rotatable bonds is 6. The number of nitrogens with zero attached hydrogens (tertiary/aromatic N) is 1. The van der Waals surface area contributed by atoms with Gasteiger partial charge in [0.15, 0.2) is 0 Å². The molecule has 1 aliphatic rings. The lowest BCUT2D eigenvalue weighted by Crippen LogP contribution is -2.16. The smallest absolute Gasteiger partial charge is 0.392 e. The zero-order valence-electron chi connectivity index (χ0n) is 10.1. The highest BCUT2D eigenvalue weighted by molar-refractivity contribution is 6.31. The monoisotopic (exact) mass is 294 g/mol. The third kappa shape index (κ3) is 5.24. The molecule has 1 heterocycles. The van der Waals surface area contributed by atoms with E-state index >= 15 is 0 Å². The first kappa shape index (κ1) is 14.4. The Kier molecular flexibility index (Phi) is 4.52. The lowest BCUT2D eigenvalue weighted by atomic mass is 10.2. The van der Waals surface area contributed by atoms with Crippen LogP contribution in [0.5, 0.6) is 5.88 Å². The summed E-state index contributed by atoms with van der Waals surface area (Å²) in [5.41, 5.74) is 0.783. The van der Waals surface area contributed by atoms with Crippen LogP contribution in [0.4, 0.5) is 13.2 Å². The summed E-state index contributed by atoms with van der Waals surface area (Å²) in [6.45, 7) is 0.134. The third-order valence-corrected chi connectivity index (χ3v) is 3.04. The molecule has 0 saturated heterocycles. The maximum absolute atomic E-state index is 12.0. The highest BCUT2D eigenvalue weighted by atomic mass is 35.5. The van der Waals surface area contributed by atoms with Gasteiger partial charge in [-0.2, -0.15) is 13.2 Å². The minimum Gasteiger partial charge on any atom is -0.477 e. The predicted molar refractivity (Wildman–Crippen MR) is 65.3 cm³/mol. The third-order valence-electron chi connectivity index (χ3n) is 2.70. The highest BCUT2D eigenvalue weighted by Crippen LogP contribution is 2.24. The summed E-state index contributed by atoms with van der Waals surface area (Å²) in [5.74, 6) is 0.168. The largest absolute Gasteiger partial charge is 0.477 e. The number of pyridine rings is 1. The zero-order valence-corrected chi connectivity index (χ0v) is 10.9. The first-order valence-electron chi connectivity index (χ1n) is 6.01. The SMILES string of the molecule is FC(F)(F)CCOc1cc(CNC2CC2)c(Cl)cn1. The molecule has 0 aliphatic heterocycles. The van der Waals surface area contributed by atoms with Crippen LogP contribution in [0.3, 0.4) is 0 Å². The van der Waals surface area contributed by atoms with E-state index in [4.69, 9.17) is 16.3 Å². The second kappa shape index (κ2) is 5.96. The molecule has 106 valence electrons. The van der Waals surface area contributed by atoms with Gasteiger partial charge in [0.2, 0.25) is 5.88 Å². The zero-order chi connectivity index (χ0) is 13.9. The van der Waals surface area contributed by atoms with Crippen LogP contribution in [0.1, 0.15) is 24.8 Å². The number of nitrogens with one attached hydrogen (secondary N) is 1. The summed E-state index contributed by atoms with van der Waals surface area (Å²) in [6.07, 6.45) is -1.51. The minimum atomic E-state index is -4.22. The number of aromatic nitrogens is 1. The van der Waals surface area contributed by atoms with Gasteiger partial charge in [-0.05, 0) is 18.4 Å². The van der Waals surface area contributed by atoms with Crippen molar-refractivity contribution in [3.05, 3.63) is 22.8 Å². The molecule has 19 heavy (non-hydrogen) atoms. The second-order valence-corrected chi connectivity index (χ2v) is 4.89. The van der Waals surface area contributed by atoms with Crippen molar-refractivity contribution in [3.8, 4) is 5.88 Å². The molecule has 1 aliphatic carbocycles. The molecule has 3 nitrogen and oxygen atoms in total. The molecule has 0 radical (unpaired) electrons. The highest BCUT2D eigenvalue weighted by Gasteiger charge is 2.27. The van der Waals surface area contributed by atoms with Crippen LogP contribution in [0.15, 0.2) is 12.3 Å². The molecule has 0 atom stereocenters. The van der Waals surface area contributed by atoms with Crippen LogP contribution in [-0.2, 0) is 6.54 Å². The molecule has 1 N–H and O–H groups in total. The molecule has 0 bridgehead atoms. The molecule has 0 unspecified atom stereocenters. The van der Waals surface area contributed by atoms with Crippen molar-refractivity contribution >= 4 is 11.6 Å². The molecule has 1 fully saturated rings. The Labute approximate surface area is 114 Å². The quantitative estimate of drug-likeness (QED) is 0.874. The summed E-state index contributed by atoms with van der Waals surface area (Å²) in [5, 5.41) is 3.76. The first-order chi connectivity index (χ1) is 8.94. The van der Waals surface area contributed by atoms with Crippen LogP contribution in [0.25, 0.3) is 0 Å². The Bertz CT molecular complexity index is 435. The number of alkyl halides is 3. The number of hydrogen-bond acceptors (Lipinski definition) is 3. The standard InChI is InChI=1S/C12H14ClF3N2O/c13-10-7-18-11(19-4-3-12(14,15)16)5-8(10)6-17-9-1-2-9/h5,7,9,17H,1-4,6H2. The summed E-state index contributed by atoms with van der Waals surface area (Å²) in [7, 11) is 0. The molecule has 2 rings (SSSR count). The van der Waals surface area contributed by atoms with Crippen molar-refractivity contribution in [1.29, 1.82) is 0 Å². The fraction of sp³-hybridized carbons (Fsp3) is 0.583. The van der Waals surface area contributed by atoms with Gasteiger partial charge >= 0.3 is 6.18 Å². The lowest BCUT2D eigenvalue weighted by Gasteiger charge is -2.10. The van der Waals surface area contributed by atoms with Crippen LogP contribution < -0.4 is 10.1 Å². The Morgan fingerprint density at radius 2 is 2.16 bits per heavy atom. The Hall–Kier alpha value is -1.01. The van der Waals surface area contributed by atoms with Gasteiger partial charge in [0.1, 0.15) is 0 Å². The summed E-state index contributed by atoms with van der Waals surface area (Å²) in [4.78, 5) is 3.85. The van der Waals surface area contributed by atoms with Crippen molar-refractivity contribution in [2.75, 3.05) is 6.61 Å². The molecule has 0 aromatic carbocycles. The van der Waals surface area contributed by atoms with Crippen molar-refractivity contribution in [3.63, 3.8) is 0 Å². The van der Waals surface area contributed by atoms with Crippen molar-refractivity contribution in [2.24, 2.45) is 0 Å². The Morgan fingerprint density at radius 1 is 1.42 bits per heavy atom. The van der Waals surface area contributed by atoms with Gasteiger partial charge in [0.05, 0.1) is 18.1 Å². The molecule has 1 aromatic heterocycles. The molecule has 0 amide bonds. The van der Waals surface area contributed by atoms with E-state index in [1.165, 1.54) is 6.20 Å². The second-order valence-electron chi connectivity index (χ2n) is 4.48. The normalized spacial score (nSPS) is 15.6. The van der Waals surface area contributed by atoms with Crippen molar-refractivity contribution in [2.45, 2.75) is 38.0 Å². The van der Waals surface area contributed by atoms with E-state index in [9.17, 15) is 13.2 Å². The molecule has 1 aromatic rings. The fourth-order valence-electron chi connectivity index (χ4n) is 1.49. The van der Waals surface area contributed by atoms with E-state index in [1.54, 1.807) is 6.07 Å². The first-order valence-corrected chi connectivity index (χ1v) is 6.39. The topological polar surface area (TPSA) is 34.1 Å². The summed E-state index contributed by atoms with van der Waals surface area (Å²) < 4.78 is 40.9. The van der Waals surface area contributed by atoms with Gasteiger partial charge in [-0.15, -0.1) is 0 Å². The lowest BCUT2D eigenvalue weighted by molar-refractivity contribution is -0.139. The van der Waals surface area contributed by atoms with E-state index in [2.05, 4.69) is 10.3 Å². The maximum atomic E-state index is 12.0. The average Bonchev–Trinajstić information content (AvgIpc) is 3.12. The molecular formula is C12H14ClF3N2O. The van der Waals surface area contributed by atoms with Gasteiger partial charge in [-0.1, -0.05) is 11.6 Å². The Morgan fingerprint density at radius 3 is 2.79 bits per heavy atom. The van der Waals surface area contributed by atoms with E-state index in [0.29, 0.717) is 17.6 Å². The van der Waals surface area contributed by atoms with Gasteiger partial charge < -0.3 is 10.1 Å². The van der Waals surface area contributed by atoms with Gasteiger partial charge in [-0.25, -0.2) is 4.98 Å². The Balaban J connectivity index is 1.87. The molecule has 1 saturated carbocycles. The van der Waals surface area contributed by atoms with Crippen LogP contribution in [0.2, 0.25) is 5.02 Å². The molecule has 0 spiro atoms. The fourth-order valence-corrected chi connectivity index (χ4v) is 1.66. The van der Waals surface area contributed by atoms with E-state index in [-0.39, 0.29) is 5.88 Å². The van der Waals surface area contributed by atoms with Gasteiger partial charge in [0.25, 0.3) is 0 Å². The number of hydrogen-bond donors (Lipinski definition) is 1. The summed E-state index contributed by atoms with van der Waals surface area (Å²) >= 11 is 5.97. The number of halogens is 4. The van der Waals surface area contributed by atoms with E-state index in [1.807, 2.05) is 0 Å². The van der Waals surface area contributed by atoms with Crippen LogP contribution in [0, 0.1) is 0 Å².